The van der Waals surface area contributed by atoms with E-state index in [-0.39, 0.29) is 11.2 Å². The van der Waals surface area contributed by atoms with Gasteiger partial charge in [-0.1, -0.05) is 41.9 Å². The lowest BCUT2D eigenvalue weighted by atomic mass is 9.96. The van der Waals surface area contributed by atoms with Crippen molar-refractivity contribution in [3.8, 4) is 17.2 Å². The Hall–Kier alpha value is -1.36. The molecular weight excluding hydrogens is 284 g/mol. The number of phenols is 1. The van der Waals surface area contributed by atoms with Gasteiger partial charge in [0.15, 0.2) is 5.82 Å². The number of halogens is 1. The molecule has 0 unspecified atom stereocenters. The Kier molecular flexibility index (Phi) is 2.95. The van der Waals surface area contributed by atoms with Crippen molar-refractivity contribution in [3.63, 3.8) is 0 Å². The van der Waals surface area contributed by atoms with E-state index in [1.165, 1.54) is 0 Å². The molecule has 0 fully saturated rings. The Labute approximate surface area is 108 Å². The zero-order valence-corrected chi connectivity index (χ0v) is 11.4. The summed E-state index contributed by atoms with van der Waals surface area (Å²) in [6.07, 6.45) is 0. The highest BCUT2D eigenvalue weighted by Crippen LogP contribution is 2.31. The molecule has 4 nitrogen and oxygen atoms in total. The van der Waals surface area contributed by atoms with E-state index in [1.807, 2.05) is 20.8 Å². The summed E-state index contributed by atoms with van der Waals surface area (Å²) in [5, 5.41) is 13.7. The maximum Gasteiger partial charge on any atom is 0.261 e. The lowest BCUT2D eigenvalue weighted by Gasteiger charge is -2.10. The smallest absolute Gasteiger partial charge is 0.261 e. The molecule has 90 valence electrons. The van der Waals surface area contributed by atoms with Crippen LogP contribution < -0.4 is 0 Å². The molecule has 1 N–H and O–H groups in total. The van der Waals surface area contributed by atoms with Crippen LogP contribution in [0.4, 0.5) is 0 Å². The first-order valence-corrected chi connectivity index (χ1v) is 6.00. The molecule has 2 rings (SSSR count). The zero-order chi connectivity index (χ0) is 12.6. The van der Waals surface area contributed by atoms with Crippen molar-refractivity contribution in [1.82, 2.24) is 10.1 Å². The van der Waals surface area contributed by atoms with Crippen molar-refractivity contribution in [2.75, 3.05) is 0 Å². The van der Waals surface area contributed by atoms with Gasteiger partial charge in [0, 0.05) is 9.89 Å². The molecule has 0 amide bonds. The molecule has 0 saturated heterocycles. The Morgan fingerprint density at radius 2 is 2.00 bits per heavy atom. The summed E-state index contributed by atoms with van der Waals surface area (Å²) in [5.74, 6) is 1.07. The van der Waals surface area contributed by atoms with Crippen LogP contribution in [0.15, 0.2) is 27.2 Å². The van der Waals surface area contributed by atoms with Gasteiger partial charge in [-0.25, -0.2) is 0 Å². The van der Waals surface area contributed by atoms with Gasteiger partial charge in [-0.3, -0.25) is 0 Å². The Bertz CT molecular complexity index is 544. The number of nitrogens with zero attached hydrogens (tertiary/aromatic N) is 2. The number of aromatic nitrogens is 2. The summed E-state index contributed by atoms with van der Waals surface area (Å²) >= 11 is 3.34. The van der Waals surface area contributed by atoms with E-state index < -0.39 is 0 Å². The Morgan fingerprint density at radius 1 is 1.29 bits per heavy atom. The monoisotopic (exact) mass is 296 g/mol. The molecule has 0 bridgehead atoms. The molecule has 1 aromatic heterocycles. The molecule has 1 heterocycles. The molecule has 0 aliphatic heterocycles. The van der Waals surface area contributed by atoms with Crippen molar-refractivity contribution in [2.45, 2.75) is 26.2 Å². The van der Waals surface area contributed by atoms with Crippen LogP contribution in [-0.4, -0.2) is 15.2 Å². The van der Waals surface area contributed by atoms with Crippen LogP contribution in [0.2, 0.25) is 0 Å². The SMILES string of the molecule is CC(C)(C)c1noc(-c2cc(Br)ccc2O)n1. The third-order valence-corrected chi connectivity index (χ3v) is 2.78. The van der Waals surface area contributed by atoms with Crippen molar-refractivity contribution >= 4 is 15.9 Å². The largest absolute Gasteiger partial charge is 0.507 e. The molecule has 5 heteroatoms. The number of rotatable bonds is 1. The first kappa shape index (κ1) is 12.1. The quantitative estimate of drug-likeness (QED) is 0.875. The predicted octanol–water partition coefficient (Wildman–Crippen LogP) is 3.50. The van der Waals surface area contributed by atoms with Gasteiger partial charge in [0.1, 0.15) is 5.75 Å². The highest BCUT2D eigenvalue weighted by atomic mass is 79.9. The van der Waals surface area contributed by atoms with Crippen LogP contribution in [0.3, 0.4) is 0 Å². The molecule has 1 aromatic carbocycles. The second-order valence-electron chi connectivity index (χ2n) is 4.83. The summed E-state index contributed by atoms with van der Waals surface area (Å²) in [5.41, 5.74) is 0.353. The van der Waals surface area contributed by atoms with E-state index in [4.69, 9.17) is 4.52 Å². The van der Waals surface area contributed by atoms with Crippen LogP contribution in [0.25, 0.3) is 11.5 Å². The van der Waals surface area contributed by atoms with Gasteiger partial charge in [-0.05, 0) is 18.2 Å². The minimum atomic E-state index is -0.177. The molecule has 0 saturated carbocycles. The average molecular weight is 297 g/mol. The fraction of sp³-hybridized carbons (Fsp3) is 0.333. The predicted molar refractivity (Wildman–Crippen MR) is 67.8 cm³/mol. The first-order chi connectivity index (χ1) is 7.88. The molecular formula is C12H13BrN2O2. The summed E-state index contributed by atoms with van der Waals surface area (Å²) in [7, 11) is 0. The highest BCUT2D eigenvalue weighted by molar-refractivity contribution is 9.10. The summed E-state index contributed by atoms with van der Waals surface area (Å²) in [6.45, 7) is 6.01. The molecule has 0 aliphatic rings. The van der Waals surface area contributed by atoms with Crippen molar-refractivity contribution in [2.24, 2.45) is 0 Å². The standard InChI is InChI=1S/C12H13BrN2O2/c1-12(2,3)11-14-10(17-15-11)8-6-7(13)4-5-9(8)16/h4-6,16H,1-3H3. The molecule has 2 aromatic rings. The summed E-state index contributed by atoms with van der Waals surface area (Å²) in [4.78, 5) is 4.30. The van der Waals surface area contributed by atoms with Gasteiger partial charge in [0.25, 0.3) is 5.89 Å². The van der Waals surface area contributed by atoms with Gasteiger partial charge in [-0.2, -0.15) is 4.98 Å². The van der Waals surface area contributed by atoms with Crippen molar-refractivity contribution in [3.05, 3.63) is 28.5 Å². The fourth-order valence-electron chi connectivity index (χ4n) is 1.32. The highest BCUT2D eigenvalue weighted by Gasteiger charge is 2.22. The van der Waals surface area contributed by atoms with E-state index in [0.717, 1.165) is 4.47 Å². The molecule has 0 aliphatic carbocycles. The second-order valence-corrected chi connectivity index (χ2v) is 5.75. The molecule has 0 spiro atoms. The summed E-state index contributed by atoms with van der Waals surface area (Å²) < 4.78 is 6.02. The van der Waals surface area contributed by atoms with Gasteiger partial charge in [0.2, 0.25) is 0 Å². The topological polar surface area (TPSA) is 59.2 Å². The Morgan fingerprint density at radius 3 is 2.59 bits per heavy atom. The third-order valence-electron chi connectivity index (χ3n) is 2.29. The molecule has 0 atom stereocenters. The number of hydrogen-bond donors (Lipinski definition) is 1. The van der Waals surface area contributed by atoms with Gasteiger partial charge in [-0.15, -0.1) is 0 Å². The maximum atomic E-state index is 9.75. The van der Waals surface area contributed by atoms with Crippen LogP contribution in [0, 0.1) is 0 Å². The maximum absolute atomic E-state index is 9.75. The van der Waals surface area contributed by atoms with Gasteiger partial charge < -0.3 is 9.63 Å². The first-order valence-electron chi connectivity index (χ1n) is 5.21. The third kappa shape index (κ3) is 2.49. The van der Waals surface area contributed by atoms with E-state index >= 15 is 0 Å². The van der Waals surface area contributed by atoms with Gasteiger partial charge in [0.05, 0.1) is 5.56 Å². The molecule has 17 heavy (non-hydrogen) atoms. The molecule has 0 radical (unpaired) electrons. The van der Waals surface area contributed by atoms with Crippen molar-refractivity contribution < 1.29 is 9.63 Å². The van der Waals surface area contributed by atoms with E-state index in [0.29, 0.717) is 17.3 Å². The average Bonchev–Trinajstić information content (AvgIpc) is 2.70. The van der Waals surface area contributed by atoms with E-state index in [2.05, 4.69) is 26.1 Å². The van der Waals surface area contributed by atoms with Gasteiger partial charge >= 0.3 is 0 Å². The normalized spacial score (nSPS) is 11.8. The van der Waals surface area contributed by atoms with Crippen LogP contribution in [0.5, 0.6) is 5.75 Å². The van der Waals surface area contributed by atoms with E-state index in [9.17, 15) is 5.11 Å². The van der Waals surface area contributed by atoms with Crippen LogP contribution in [-0.2, 0) is 5.41 Å². The Balaban J connectivity index is 2.47. The second kappa shape index (κ2) is 4.14. The number of hydrogen-bond acceptors (Lipinski definition) is 4. The summed E-state index contributed by atoms with van der Waals surface area (Å²) in [6, 6.07) is 5.08. The minimum absolute atomic E-state index is 0.123. The lowest BCUT2D eigenvalue weighted by Crippen LogP contribution is -2.13. The lowest BCUT2D eigenvalue weighted by molar-refractivity contribution is 0.399. The minimum Gasteiger partial charge on any atom is -0.507 e. The zero-order valence-electron chi connectivity index (χ0n) is 9.86. The van der Waals surface area contributed by atoms with E-state index in [1.54, 1.807) is 18.2 Å². The number of phenolic OH excluding ortho intramolecular Hbond substituents is 1. The fourth-order valence-corrected chi connectivity index (χ4v) is 1.68. The van der Waals surface area contributed by atoms with Crippen molar-refractivity contribution in [1.29, 1.82) is 0 Å². The number of benzene rings is 1. The van der Waals surface area contributed by atoms with Crippen LogP contribution >= 0.6 is 15.9 Å². The van der Waals surface area contributed by atoms with Crippen LogP contribution in [0.1, 0.15) is 26.6 Å². The number of aromatic hydroxyl groups is 1.